The van der Waals surface area contributed by atoms with Crippen molar-refractivity contribution in [2.75, 3.05) is 18.4 Å². The molecule has 1 saturated carbocycles. The summed E-state index contributed by atoms with van der Waals surface area (Å²) in [5, 5.41) is 14.6. The Bertz CT molecular complexity index is 1610. The molecule has 0 spiro atoms. The van der Waals surface area contributed by atoms with Gasteiger partial charge in [0.1, 0.15) is 16.8 Å². The van der Waals surface area contributed by atoms with E-state index in [-0.39, 0.29) is 47.0 Å². The van der Waals surface area contributed by atoms with Crippen molar-refractivity contribution in [1.82, 2.24) is 19.4 Å². The second kappa shape index (κ2) is 10.6. The van der Waals surface area contributed by atoms with Crippen molar-refractivity contribution in [3.63, 3.8) is 0 Å². The van der Waals surface area contributed by atoms with Crippen LogP contribution in [0.1, 0.15) is 60.1 Å². The average Bonchev–Trinajstić information content (AvgIpc) is 3.59. The molecule has 12 heteroatoms. The van der Waals surface area contributed by atoms with E-state index in [1.54, 1.807) is 26.0 Å². The summed E-state index contributed by atoms with van der Waals surface area (Å²) in [5.74, 6) is -0.779. The number of urea groups is 1. The summed E-state index contributed by atoms with van der Waals surface area (Å²) < 4.78 is 17.8. The zero-order valence-corrected chi connectivity index (χ0v) is 22.5. The Hall–Kier alpha value is -3.98. The smallest absolute Gasteiger partial charge is 0.331 e. The largest absolute Gasteiger partial charge is 0.347 e. The third kappa shape index (κ3) is 5.45. The number of amides is 3. The number of anilines is 1. The summed E-state index contributed by atoms with van der Waals surface area (Å²) in [6.45, 7) is 4.57. The highest BCUT2D eigenvalue weighted by atomic mass is 32.1. The summed E-state index contributed by atoms with van der Waals surface area (Å²) >= 11 is 1.10. The lowest BCUT2D eigenvalue weighted by atomic mass is 10.1. The van der Waals surface area contributed by atoms with Gasteiger partial charge in [-0.3, -0.25) is 18.7 Å². The van der Waals surface area contributed by atoms with Gasteiger partial charge < -0.3 is 15.5 Å². The molecule has 2 aliphatic rings. The Labute approximate surface area is 227 Å². The predicted octanol–water partition coefficient (Wildman–Crippen LogP) is 3.65. The molecular weight excluding hydrogens is 523 g/mol. The number of piperidine rings is 1. The number of benzene rings is 1. The molecule has 0 unspecified atom stereocenters. The third-order valence-electron chi connectivity index (χ3n) is 7.14. The van der Waals surface area contributed by atoms with Crippen LogP contribution in [0, 0.1) is 23.1 Å². The second-order valence-corrected chi connectivity index (χ2v) is 11.5. The maximum Gasteiger partial charge on any atom is 0.331 e. The highest BCUT2D eigenvalue weighted by Crippen LogP contribution is 2.30. The molecule has 3 aromatic rings. The molecule has 0 radical (unpaired) electrons. The third-order valence-corrected chi connectivity index (χ3v) is 8.13. The number of nitrogens with one attached hydrogen (secondary N) is 2. The first kappa shape index (κ1) is 26.6. The molecule has 10 nitrogen and oxygen atoms in total. The molecule has 2 aromatic heterocycles. The van der Waals surface area contributed by atoms with Gasteiger partial charge in [0.25, 0.3) is 11.5 Å². The van der Waals surface area contributed by atoms with E-state index in [1.807, 2.05) is 6.07 Å². The van der Waals surface area contributed by atoms with Crippen LogP contribution in [0.25, 0.3) is 10.9 Å². The Morgan fingerprint density at radius 1 is 1.21 bits per heavy atom. The molecule has 5 rings (SSSR count). The molecule has 1 saturated heterocycles. The van der Waals surface area contributed by atoms with E-state index in [4.69, 9.17) is 5.26 Å². The van der Waals surface area contributed by atoms with Gasteiger partial charge in [-0.2, -0.15) is 5.26 Å². The topological polar surface area (TPSA) is 129 Å². The van der Waals surface area contributed by atoms with Gasteiger partial charge >= 0.3 is 11.7 Å². The van der Waals surface area contributed by atoms with Gasteiger partial charge in [0.15, 0.2) is 0 Å². The summed E-state index contributed by atoms with van der Waals surface area (Å²) in [4.78, 5) is 54.4. The summed E-state index contributed by atoms with van der Waals surface area (Å²) in [6, 6.07) is 6.46. The van der Waals surface area contributed by atoms with Crippen LogP contribution in [0.15, 0.2) is 33.9 Å². The fraction of sp³-hybridized carbons (Fsp3) is 0.444. The van der Waals surface area contributed by atoms with Crippen LogP contribution >= 0.6 is 11.3 Å². The fourth-order valence-corrected chi connectivity index (χ4v) is 5.67. The van der Waals surface area contributed by atoms with Crippen LogP contribution in [-0.4, -0.2) is 45.1 Å². The lowest BCUT2D eigenvalue weighted by molar-refractivity contribution is 0.0917. The van der Waals surface area contributed by atoms with E-state index in [2.05, 4.69) is 10.6 Å². The molecule has 1 aliphatic carbocycles. The van der Waals surface area contributed by atoms with Crippen LogP contribution in [-0.2, 0) is 6.54 Å². The SMILES string of the molecule is CC(C)n1c(=O)n(CC2CC2)c(=O)c2cc(NC(=O)N3CCC[C@@H](NC(=O)c4ccc(C#N)s4)C3)c(F)cc21. The highest BCUT2D eigenvalue weighted by molar-refractivity contribution is 7.14. The fourth-order valence-electron chi connectivity index (χ4n) is 4.96. The molecule has 0 bridgehead atoms. The molecule has 2 N–H and O–H groups in total. The lowest BCUT2D eigenvalue weighted by Gasteiger charge is -2.33. The molecule has 39 heavy (non-hydrogen) atoms. The second-order valence-electron chi connectivity index (χ2n) is 10.4. The number of rotatable bonds is 6. The van der Waals surface area contributed by atoms with E-state index < -0.39 is 23.1 Å². The summed E-state index contributed by atoms with van der Waals surface area (Å²) in [5.41, 5.74) is -0.914. The first-order chi connectivity index (χ1) is 18.7. The predicted molar refractivity (Wildman–Crippen MR) is 146 cm³/mol. The monoisotopic (exact) mass is 552 g/mol. The number of nitrogens with zero attached hydrogens (tertiary/aromatic N) is 4. The minimum atomic E-state index is -0.753. The lowest BCUT2D eigenvalue weighted by Crippen LogP contribution is -2.50. The van der Waals surface area contributed by atoms with Crippen LogP contribution < -0.4 is 21.9 Å². The number of nitriles is 1. The van der Waals surface area contributed by atoms with E-state index in [0.717, 1.165) is 30.2 Å². The van der Waals surface area contributed by atoms with Crippen molar-refractivity contribution in [2.45, 2.75) is 58.2 Å². The van der Waals surface area contributed by atoms with E-state index in [1.165, 1.54) is 20.1 Å². The van der Waals surface area contributed by atoms with Gasteiger partial charge in [0.2, 0.25) is 0 Å². The number of fused-ring (bicyclic) bond motifs is 1. The summed E-state index contributed by atoms with van der Waals surface area (Å²) in [6.07, 6.45) is 3.23. The van der Waals surface area contributed by atoms with Crippen molar-refractivity contribution < 1.29 is 14.0 Å². The van der Waals surface area contributed by atoms with Crippen LogP contribution in [0.4, 0.5) is 14.9 Å². The Kier molecular flexibility index (Phi) is 7.27. The van der Waals surface area contributed by atoms with Crippen LogP contribution in [0.2, 0.25) is 0 Å². The number of hydrogen-bond acceptors (Lipinski definition) is 6. The zero-order chi connectivity index (χ0) is 27.8. The Balaban J connectivity index is 1.36. The number of likely N-dealkylation sites (tertiary alicyclic amines) is 1. The molecule has 1 atom stereocenters. The normalized spacial score (nSPS) is 17.3. The number of carbonyl (C=O) groups is 2. The van der Waals surface area contributed by atoms with Crippen molar-refractivity contribution >= 4 is 39.9 Å². The molecule has 1 aromatic carbocycles. The number of halogens is 1. The summed E-state index contributed by atoms with van der Waals surface area (Å²) in [7, 11) is 0. The van der Waals surface area contributed by atoms with Crippen LogP contribution in [0.5, 0.6) is 0 Å². The molecule has 1 aliphatic heterocycles. The number of thiophene rings is 1. The Morgan fingerprint density at radius 3 is 2.64 bits per heavy atom. The number of hydrogen-bond donors (Lipinski definition) is 2. The van der Waals surface area contributed by atoms with Gasteiger partial charge in [-0.25, -0.2) is 14.0 Å². The maximum absolute atomic E-state index is 15.2. The molecule has 2 fully saturated rings. The van der Waals surface area contributed by atoms with Gasteiger partial charge in [-0.1, -0.05) is 0 Å². The molecule has 204 valence electrons. The number of carbonyl (C=O) groups excluding carboxylic acids is 2. The van der Waals surface area contributed by atoms with Crippen molar-refractivity contribution in [3.8, 4) is 6.07 Å². The first-order valence-electron chi connectivity index (χ1n) is 13.0. The molecular formula is C27H29FN6O4S. The maximum atomic E-state index is 15.2. The highest BCUT2D eigenvalue weighted by Gasteiger charge is 2.28. The average molecular weight is 553 g/mol. The van der Waals surface area contributed by atoms with Gasteiger partial charge in [0.05, 0.1) is 21.5 Å². The first-order valence-corrected chi connectivity index (χ1v) is 13.8. The quantitative estimate of drug-likeness (QED) is 0.482. The van der Waals surface area contributed by atoms with E-state index >= 15 is 4.39 Å². The van der Waals surface area contributed by atoms with Gasteiger partial charge in [-0.05, 0) is 63.6 Å². The van der Waals surface area contributed by atoms with Crippen molar-refractivity contribution in [3.05, 3.63) is 60.7 Å². The van der Waals surface area contributed by atoms with E-state index in [0.29, 0.717) is 35.7 Å². The molecule has 3 heterocycles. The molecule has 3 amide bonds. The standard InChI is InChI=1S/C27H29FN6O4S/c1-15(2)34-22-11-20(28)21(10-19(22)25(36)33(27(34)38)13-16-5-6-16)31-26(37)32-9-3-4-17(14-32)30-24(35)23-8-7-18(12-29)39-23/h7-8,10-11,15-17H,3-6,9,13-14H2,1-2H3,(H,30,35)(H,31,37)/t17-/m1/s1. The number of aromatic nitrogens is 2. The van der Waals surface area contributed by atoms with Crippen molar-refractivity contribution in [2.24, 2.45) is 5.92 Å². The zero-order valence-electron chi connectivity index (χ0n) is 21.7. The minimum absolute atomic E-state index is 0.148. The van der Waals surface area contributed by atoms with Crippen molar-refractivity contribution in [1.29, 1.82) is 5.26 Å². The van der Waals surface area contributed by atoms with Gasteiger partial charge in [0, 0.05) is 37.8 Å². The minimum Gasteiger partial charge on any atom is -0.347 e. The Morgan fingerprint density at radius 2 is 1.97 bits per heavy atom. The van der Waals surface area contributed by atoms with Gasteiger partial charge in [-0.15, -0.1) is 11.3 Å². The van der Waals surface area contributed by atoms with E-state index in [9.17, 15) is 19.2 Å². The van der Waals surface area contributed by atoms with Crippen LogP contribution in [0.3, 0.4) is 0 Å².